The summed E-state index contributed by atoms with van der Waals surface area (Å²) in [4.78, 5) is 11.3. The number of likely N-dealkylation sites (N-methyl/N-ethyl adjacent to an activating group) is 1. The van der Waals surface area contributed by atoms with Crippen molar-refractivity contribution in [1.29, 1.82) is 0 Å². The Balaban J connectivity index is 3.13. The number of rotatable bonds is 3. The van der Waals surface area contributed by atoms with Gasteiger partial charge in [-0.2, -0.15) is 0 Å². The zero-order chi connectivity index (χ0) is 12.1. The topological polar surface area (TPSA) is 38.3 Å². The van der Waals surface area contributed by atoms with Crippen LogP contribution in [0.3, 0.4) is 0 Å². The molecule has 0 aliphatic carbocycles. The number of nitrogens with one attached hydrogen (secondary N) is 1. The lowest BCUT2D eigenvalue weighted by Gasteiger charge is -2.05. The maximum Gasteiger partial charge on any atom is 0.354 e. The van der Waals surface area contributed by atoms with Gasteiger partial charge in [-0.15, -0.1) is 0 Å². The third-order valence-electron chi connectivity index (χ3n) is 1.93. The lowest BCUT2D eigenvalue weighted by Crippen LogP contribution is -2.17. The minimum Gasteiger partial charge on any atom is -0.464 e. The Hall–Kier alpha value is -1.36. The van der Waals surface area contributed by atoms with E-state index in [1.807, 2.05) is 0 Å². The molecule has 86 valence electrons. The summed E-state index contributed by atoms with van der Waals surface area (Å²) in [6.45, 7) is 0. The van der Waals surface area contributed by atoms with Crippen LogP contribution in [0.15, 0.2) is 28.4 Å². The van der Waals surface area contributed by atoms with Gasteiger partial charge in [0.25, 0.3) is 0 Å². The van der Waals surface area contributed by atoms with Gasteiger partial charge in [-0.05, 0) is 24.3 Å². The smallest absolute Gasteiger partial charge is 0.354 e. The van der Waals surface area contributed by atoms with Gasteiger partial charge in [0, 0.05) is 17.1 Å². The van der Waals surface area contributed by atoms with Crippen molar-refractivity contribution in [3.05, 3.63) is 39.7 Å². The van der Waals surface area contributed by atoms with E-state index in [1.165, 1.54) is 19.3 Å². The molecule has 0 aliphatic heterocycles. The molecule has 0 atom stereocenters. The first-order valence-electron chi connectivity index (χ1n) is 4.51. The molecule has 1 N–H and O–H groups in total. The number of hydrogen-bond acceptors (Lipinski definition) is 3. The van der Waals surface area contributed by atoms with E-state index in [9.17, 15) is 9.18 Å². The first kappa shape index (κ1) is 12.7. The van der Waals surface area contributed by atoms with Gasteiger partial charge in [0.15, 0.2) is 0 Å². The van der Waals surface area contributed by atoms with E-state index in [4.69, 9.17) is 0 Å². The third kappa shape index (κ3) is 3.06. The molecule has 16 heavy (non-hydrogen) atoms. The molecule has 0 bridgehead atoms. The second kappa shape index (κ2) is 5.65. The van der Waals surface area contributed by atoms with Crippen LogP contribution in [0.5, 0.6) is 0 Å². The highest BCUT2D eigenvalue weighted by molar-refractivity contribution is 9.10. The molecule has 0 unspecified atom stereocenters. The van der Waals surface area contributed by atoms with Gasteiger partial charge in [0.2, 0.25) is 0 Å². The van der Waals surface area contributed by atoms with Gasteiger partial charge in [-0.3, -0.25) is 0 Å². The van der Waals surface area contributed by atoms with E-state index in [2.05, 4.69) is 26.0 Å². The molecule has 1 aromatic carbocycles. The van der Waals surface area contributed by atoms with E-state index >= 15 is 0 Å². The van der Waals surface area contributed by atoms with Crippen LogP contribution in [-0.4, -0.2) is 20.1 Å². The van der Waals surface area contributed by atoms with Crippen LogP contribution in [0, 0.1) is 5.82 Å². The molecule has 1 rings (SSSR count). The van der Waals surface area contributed by atoms with E-state index in [1.54, 1.807) is 19.2 Å². The highest BCUT2D eigenvalue weighted by atomic mass is 79.9. The molecule has 0 spiro atoms. The predicted molar refractivity (Wildman–Crippen MR) is 63.2 cm³/mol. The molecule has 1 aromatic rings. The fraction of sp³-hybridized carbons (Fsp3) is 0.182. The lowest BCUT2D eigenvalue weighted by molar-refractivity contribution is -0.136. The Labute approximate surface area is 101 Å². The van der Waals surface area contributed by atoms with Crippen LogP contribution >= 0.6 is 15.9 Å². The first-order valence-corrected chi connectivity index (χ1v) is 5.30. The number of carbonyl (C=O) groups excluding carboxylic acids is 1. The van der Waals surface area contributed by atoms with Gasteiger partial charge in [0.1, 0.15) is 11.5 Å². The van der Waals surface area contributed by atoms with Crippen LogP contribution in [-0.2, 0) is 9.53 Å². The van der Waals surface area contributed by atoms with Crippen molar-refractivity contribution >= 4 is 28.0 Å². The van der Waals surface area contributed by atoms with Crippen molar-refractivity contribution < 1.29 is 13.9 Å². The highest BCUT2D eigenvalue weighted by Gasteiger charge is 2.09. The van der Waals surface area contributed by atoms with Crippen molar-refractivity contribution in [3.8, 4) is 0 Å². The first-order chi connectivity index (χ1) is 7.58. The van der Waals surface area contributed by atoms with Crippen molar-refractivity contribution in [1.82, 2.24) is 5.32 Å². The summed E-state index contributed by atoms with van der Waals surface area (Å²) in [5.74, 6) is -0.943. The van der Waals surface area contributed by atoms with Crippen LogP contribution < -0.4 is 5.32 Å². The number of esters is 1. The van der Waals surface area contributed by atoms with Crippen LogP contribution in [0.1, 0.15) is 5.56 Å². The lowest BCUT2D eigenvalue weighted by atomic mass is 10.2. The highest BCUT2D eigenvalue weighted by Crippen LogP contribution is 2.17. The van der Waals surface area contributed by atoms with Gasteiger partial charge in [0.05, 0.1) is 7.11 Å². The Bertz CT molecular complexity index is 432. The van der Waals surface area contributed by atoms with E-state index in [0.29, 0.717) is 5.56 Å². The molecule has 0 saturated carbocycles. The minimum atomic E-state index is -0.540. The minimum absolute atomic E-state index is 0.194. The quantitative estimate of drug-likeness (QED) is 0.685. The molecule has 0 radical (unpaired) electrons. The number of carbonyl (C=O) groups is 1. The zero-order valence-electron chi connectivity index (χ0n) is 8.88. The standard InChI is InChI=1S/C11H11BrFNO2/c1-14-10(11(15)16-2)6-7-5-8(12)3-4-9(7)13/h3-6,14H,1-2H3/b10-6-. The summed E-state index contributed by atoms with van der Waals surface area (Å²) in [7, 11) is 2.84. The molecule has 0 saturated heterocycles. The zero-order valence-corrected chi connectivity index (χ0v) is 10.5. The number of hydrogen-bond donors (Lipinski definition) is 1. The van der Waals surface area contributed by atoms with E-state index in [0.717, 1.165) is 4.47 Å². The molecule has 0 aromatic heterocycles. The van der Waals surface area contributed by atoms with Gasteiger partial charge >= 0.3 is 5.97 Å². The summed E-state index contributed by atoms with van der Waals surface area (Å²) < 4.78 is 18.7. The van der Waals surface area contributed by atoms with E-state index < -0.39 is 11.8 Å². The van der Waals surface area contributed by atoms with Crippen LogP contribution in [0.25, 0.3) is 6.08 Å². The summed E-state index contributed by atoms with van der Waals surface area (Å²) in [6.07, 6.45) is 1.39. The van der Waals surface area contributed by atoms with Crippen molar-refractivity contribution in [3.63, 3.8) is 0 Å². The Morgan fingerprint density at radius 2 is 2.25 bits per heavy atom. The second-order valence-corrected chi connectivity index (χ2v) is 3.88. The Morgan fingerprint density at radius 3 is 2.81 bits per heavy atom. The van der Waals surface area contributed by atoms with Crippen molar-refractivity contribution in [2.45, 2.75) is 0 Å². The largest absolute Gasteiger partial charge is 0.464 e. The van der Waals surface area contributed by atoms with E-state index in [-0.39, 0.29) is 5.70 Å². The molecular formula is C11H11BrFNO2. The predicted octanol–water partition coefficient (Wildman–Crippen LogP) is 2.32. The number of ether oxygens (including phenoxy) is 1. The average molecular weight is 288 g/mol. The summed E-state index contributed by atoms with van der Waals surface area (Å²) in [5, 5.41) is 2.65. The fourth-order valence-corrected chi connectivity index (χ4v) is 1.50. The molecule has 5 heteroatoms. The fourth-order valence-electron chi connectivity index (χ4n) is 1.12. The Kier molecular flexibility index (Phi) is 4.49. The summed E-state index contributed by atoms with van der Waals surface area (Å²) >= 11 is 3.23. The van der Waals surface area contributed by atoms with Gasteiger partial charge in [-0.25, -0.2) is 9.18 Å². The normalized spacial score (nSPS) is 11.1. The third-order valence-corrected chi connectivity index (χ3v) is 2.43. The maximum atomic E-state index is 13.4. The molecule has 3 nitrogen and oxygen atoms in total. The number of benzene rings is 1. The van der Waals surface area contributed by atoms with Crippen LogP contribution in [0.4, 0.5) is 4.39 Å². The monoisotopic (exact) mass is 287 g/mol. The number of methoxy groups -OCH3 is 1. The summed E-state index contributed by atoms with van der Waals surface area (Å²) in [5.41, 5.74) is 0.503. The number of halogens is 2. The van der Waals surface area contributed by atoms with Crippen molar-refractivity contribution in [2.75, 3.05) is 14.2 Å². The molecule has 0 amide bonds. The van der Waals surface area contributed by atoms with Gasteiger partial charge < -0.3 is 10.1 Å². The Morgan fingerprint density at radius 1 is 1.56 bits per heavy atom. The van der Waals surface area contributed by atoms with Gasteiger partial charge in [-0.1, -0.05) is 15.9 Å². The second-order valence-electron chi connectivity index (χ2n) is 2.97. The molecule has 0 heterocycles. The van der Waals surface area contributed by atoms with Crippen LogP contribution in [0.2, 0.25) is 0 Å². The summed E-state index contributed by atoms with van der Waals surface area (Å²) in [6, 6.07) is 4.49. The average Bonchev–Trinajstić information content (AvgIpc) is 2.29. The molecule has 0 aliphatic rings. The maximum absolute atomic E-state index is 13.4. The van der Waals surface area contributed by atoms with Crippen molar-refractivity contribution in [2.24, 2.45) is 0 Å². The SMILES string of the molecule is CN/C(=C\c1cc(Br)ccc1F)C(=O)OC. The molecule has 0 fully saturated rings. The molecular weight excluding hydrogens is 277 g/mol.